The molecule has 2 bridgehead atoms. The molecule has 5 rings (SSSR count). The molecule has 0 radical (unpaired) electrons. The average molecular weight is 1290 g/mol. The number of aromatic amines is 1. The molecule has 4 heterocycles. The van der Waals surface area contributed by atoms with Crippen LogP contribution in [0.25, 0.3) is 10.9 Å². The van der Waals surface area contributed by atoms with Crippen molar-refractivity contribution in [1.82, 2.24) is 52.4 Å². The molecule has 29 heteroatoms. The number of nitrogens with two attached hydrogens (primary N) is 2. The predicted octanol–water partition coefficient (Wildman–Crippen LogP) is 2.68. The van der Waals surface area contributed by atoms with Gasteiger partial charge >= 0.3 is 6.09 Å². The number of amides is 10. The third kappa shape index (κ3) is 19.6. The first-order valence-corrected chi connectivity index (χ1v) is 37.3. The van der Waals surface area contributed by atoms with Crippen LogP contribution in [0.2, 0.25) is 36.3 Å². The van der Waals surface area contributed by atoms with E-state index in [2.05, 4.69) is 102 Å². The van der Waals surface area contributed by atoms with E-state index in [1.54, 1.807) is 39.0 Å². The quantitative estimate of drug-likeness (QED) is 0.0711. The number of ether oxygens (including phenoxy) is 2. The van der Waals surface area contributed by atoms with Crippen molar-refractivity contribution < 1.29 is 66.3 Å². The first-order valence-electron chi connectivity index (χ1n) is 30.5. The zero-order chi connectivity index (χ0) is 65.6. The Morgan fingerprint density at radius 1 is 0.784 bits per heavy atom. The molecule has 0 aliphatic carbocycles. The minimum atomic E-state index is -2.78. The van der Waals surface area contributed by atoms with Crippen molar-refractivity contribution >= 4 is 98.6 Å². The summed E-state index contributed by atoms with van der Waals surface area (Å²) in [5, 5.41) is 22.0. The number of rotatable bonds is 19. The fraction of sp³-hybridized carbons (Fsp3) is 0.695. The molecule has 1 aromatic carbocycles. The van der Waals surface area contributed by atoms with E-state index in [9.17, 15) is 28.8 Å². The smallest absolute Gasteiger partial charge is 0.407 e. The third-order valence-electron chi connectivity index (χ3n) is 17.7. The van der Waals surface area contributed by atoms with Gasteiger partial charge in [-0.25, -0.2) is 4.79 Å². The summed E-state index contributed by atoms with van der Waals surface area (Å²) in [6.45, 7) is 24.9. The third-order valence-corrected chi connectivity index (χ3v) is 27.9. The highest BCUT2D eigenvalue weighted by Gasteiger charge is 2.49. The number of carbonyl (C=O) groups excluding carboxylic acids is 10. The second-order valence-electron chi connectivity index (χ2n) is 26.4. The van der Waals surface area contributed by atoms with Crippen LogP contribution in [-0.4, -0.2) is 186 Å². The Bertz CT molecular complexity index is 2840. The lowest BCUT2D eigenvalue weighted by Gasteiger charge is -2.44. The molecule has 0 spiro atoms. The number of carbonyl (C=O) groups is 10. The van der Waals surface area contributed by atoms with E-state index >= 15 is 19.2 Å². The fourth-order valence-electron chi connectivity index (χ4n) is 9.94. The SMILES string of the molecule is CC[C@H](C)[C@@H]1NC(=O)CNC(=O)[C@@H]2Cc3c([nH]c4cc(OC)ccc34)SC[C@H](NC(=O)CNC1=O)C(=O)N[C@@H](CC(N)=O)C(=O)N1C[C@H](OC(=O)NCCCCCCN)CC1C(=O)N[C@@H]([C@@H](C)C(CO[Si](C)(C)C(C)(C)C)O[Si](C)(C)C(C)(C)C)C(=O)N2. The predicted molar refractivity (Wildman–Crippen MR) is 339 cm³/mol. The van der Waals surface area contributed by atoms with Crippen molar-refractivity contribution in [2.75, 3.05) is 52.2 Å². The van der Waals surface area contributed by atoms with Crippen molar-refractivity contribution in [3.05, 3.63) is 23.8 Å². The first kappa shape index (κ1) is 72.5. The summed E-state index contributed by atoms with van der Waals surface area (Å²) in [5.74, 6) is -9.23. The Balaban J connectivity index is 1.78. The van der Waals surface area contributed by atoms with Gasteiger partial charge in [-0.3, -0.25) is 43.2 Å². The van der Waals surface area contributed by atoms with Crippen molar-refractivity contribution in [3.63, 3.8) is 0 Å². The Hall–Kier alpha value is -6.28. The van der Waals surface area contributed by atoms with Crippen LogP contribution in [0.15, 0.2) is 23.2 Å². The van der Waals surface area contributed by atoms with E-state index < -0.39 is 162 Å². The summed E-state index contributed by atoms with van der Waals surface area (Å²) in [6.07, 6.45) is -0.776. The summed E-state index contributed by atoms with van der Waals surface area (Å²) in [5.41, 5.74) is 12.4. The Morgan fingerprint density at radius 3 is 2.06 bits per heavy atom. The van der Waals surface area contributed by atoms with Crippen molar-refractivity contribution in [2.24, 2.45) is 23.3 Å². The van der Waals surface area contributed by atoms with Crippen LogP contribution in [0.1, 0.15) is 113 Å². The number of fused-ring (bicyclic) bond motifs is 5. The van der Waals surface area contributed by atoms with Gasteiger partial charge < -0.3 is 82.2 Å². The number of primary amides is 1. The summed E-state index contributed by atoms with van der Waals surface area (Å²) >= 11 is 1.04. The number of hydrogen-bond donors (Lipinski definition) is 11. The number of nitrogens with zero attached hydrogens (tertiary/aromatic N) is 1. The van der Waals surface area contributed by atoms with Gasteiger partial charge in [-0.05, 0) is 79.3 Å². The molecule has 3 aliphatic rings. The second kappa shape index (κ2) is 31.5. The van der Waals surface area contributed by atoms with Crippen LogP contribution in [0.3, 0.4) is 0 Å². The highest BCUT2D eigenvalue weighted by molar-refractivity contribution is 7.99. The van der Waals surface area contributed by atoms with Crippen molar-refractivity contribution in [1.29, 1.82) is 0 Å². The zero-order valence-corrected chi connectivity index (χ0v) is 56.7. The van der Waals surface area contributed by atoms with Crippen molar-refractivity contribution in [2.45, 2.75) is 203 Å². The van der Waals surface area contributed by atoms with E-state index in [0.717, 1.165) is 35.9 Å². The highest BCUT2D eigenvalue weighted by atomic mass is 32.2. The average Bonchev–Trinajstić information content (AvgIpc) is 2.14. The molecule has 10 atom stereocenters. The molecule has 3 aliphatic heterocycles. The van der Waals surface area contributed by atoms with E-state index in [-0.39, 0.29) is 41.8 Å². The zero-order valence-electron chi connectivity index (χ0n) is 53.8. The second-order valence-corrected chi connectivity index (χ2v) is 37.0. The maximum atomic E-state index is 15.9. The van der Waals surface area contributed by atoms with Crippen LogP contribution in [0.4, 0.5) is 4.79 Å². The number of H-pyrrole nitrogens is 1. The Morgan fingerprint density at radius 2 is 1.43 bits per heavy atom. The van der Waals surface area contributed by atoms with Gasteiger partial charge in [0.2, 0.25) is 53.2 Å². The molecule has 0 saturated carbocycles. The molecule has 492 valence electrons. The monoisotopic (exact) mass is 1290 g/mol. The number of hydrogen-bond acceptors (Lipinski definition) is 16. The van der Waals surface area contributed by atoms with Gasteiger partial charge in [-0.1, -0.05) is 81.6 Å². The molecule has 2 unspecified atom stereocenters. The largest absolute Gasteiger partial charge is 0.497 e. The van der Waals surface area contributed by atoms with Gasteiger partial charge in [-0.15, -0.1) is 11.8 Å². The molecule has 1 aromatic heterocycles. The summed E-state index contributed by atoms with van der Waals surface area (Å²) < 4.78 is 25.5. The van der Waals surface area contributed by atoms with Crippen LogP contribution < -0.4 is 58.7 Å². The van der Waals surface area contributed by atoms with Gasteiger partial charge in [0.25, 0.3) is 0 Å². The lowest BCUT2D eigenvalue weighted by atomic mass is 9.93. The number of aromatic nitrogens is 1. The molecule has 88 heavy (non-hydrogen) atoms. The molecular formula is C59H98N12O14SSi2. The first-order chi connectivity index (χ1) is 41.1. The van der Waals surface area contributed by atoms with Crippen LogP contribution >= 0.6 is 11.8 Å². The number of nitrogens with one attached hydrogen (secondary N) is 9. The Labute approximate surface area is 523 Å². The maximum Gasteiger partial charge on any atom is 0.407 e. The standard InChI is InChI=1S/C59H98N12O14SSi2/c1-15-33(2)48-53(78)64-28-46(73)65-42-32-86-55-38(37-21-20-35(82-10)24-39(37)68-55)26-40(50(75)63-29-47(74)69-48)66-54(79)49(34(3)44(85-88(13,14)59(7,8)9)31-83-87(11,12)58(4,5)6)70-52(77)43-25-36(84-57(81)62-23-19-17-16-18-22-60)30-71(43)56(80)41(27-45(61)72)67-51(42)76/h20-21,24,33-34,36,40-44,48-49,68H,15-19,22-23,25-32,60H2,1-14H3,(H2,61,72)(H,62,81)(H,63,75)(H,64,78)(H,65,73)(H,66,79)(H,67,76)(H,69,74)(H,70,77)/t33-,34-,36+,40-,41-,42-,43?,44?,48-,49-/m0/s1. The Kier molecular flexibility index (Phi) is 25.9. The number of alkyl carbamates (subject to hydrolysis) is 1. The topological polar surface area (TPSA) is 375 Å². The van der Waals surface area contributed by atoms with Crippen molar-refractivity contribution in [3.8, 4) is 5.75 Å². The normalized spacial score (nSPS) is 23.8. The summed E-state index contributed by atoms with van der Waals surface area (Å²) in [7, 11) is -3.85. The molecular weight excluding hydrogens is 1190 g/mol. The summed E-state index contributed by atoms with van der Waals surface area (Å²) in [6, 6.07) is -4.03. The van der Waals surface area contributed by atoms with Crippen LogP contribution in [0, 0.1) is 11.8 Å². The number of thioether (sulfide) groups is 1. The lowest BCUT2D eigenvalue weighted by Crippen LogP contribution is -2.62. The molecule has 2 aromatic rings. The van der Waals surface area contributed by atoms with E-state index in [4.69, 9.17) is 29.8 Å². The van der Waals surface area contributed by atoms with Gasteiger partial charge in [0, 0.05) is 42.5 Å². The molecule has 10 amide bonds. The molecule has 13 N–H and O–H groups in total. The highest BCUT2D eigenvalue weighted by Crippen LogP contribution is 2.41. The molecule has 1 saturated heterocycles. The van der Waals surface area contributed by atoms with Gasteiger partial charge in [-0.2, -0.15) is 0 Å². The molecule has 1 fully saturated rings. The van der Waals surface area contributed by atoms with Crippen LogP contribution in [-0.2, 0) is 63.2 Å². The van der Waals surface area contributed by atoms with E-state index in [1.807, 2.05) is 13.1 Å². The number of benzene rings is 1. The number of methoxy groups -OCH3 is 1. The van der Waals surface area contributed by atoms with Crippen LogP contribution in [0.5, 0.6) is 5.75 Å². The van der Waals surface area contributed by atoms with E-state index in [0.29, 0.717) is 46.6 Å². The minimum absolute atomic E-state index is 0.0140. The maximum absolute atomic E-state index is 15.9. The minimum Gasteiger partial charge on any atom is -0.497 e. The molecule has 26 nitrogen and oxygen atoms in total. The fourth-order valence-corrected chi connectivity index (χ4v) is 13.5. The van der Waals surface area contributed by atoms with E-state index in [1.165, 1.54) is 7.11 Å². The van der Waals surface area contributed by atoms with Gasteiger partial charge in [0.15, 0.2) is 16.6 Å². The lowest BCUT2D eigenvalue weighted by molar-refractivity contribution is -0.144. The number of unbranched alkanes of at least 4 members (excludes halogenated alkanes) is 3. The van der Waals surface area contributed by atoms with Gasteiger partial charge in [0.05, 0.1) is 56.4 Å². The van der Waals surface area contributed by atoms with Gasteiger partial charge in [0.1, 0.15) is 48.1 Å². The summed E-state index contributed by atoms with van der Waals surface area (Å²) in [4.78, 5) is 149.